The molecular formula is C11H17F2NO2. The SMILES string of the molecule is CNC(CCOCC(F)F)Cc1ccoc1. The van der Waals surface area contributed by atoms with Crippen LogP contribution < -0.4 is 5.32 Å². The number of ether oxygens (including phenoxy) is 1. The maximum absolute atomic E-state index is 11.8. The van der Waals surface area contributed by atoms with E-state index in [4.69, 9.17) is 9.15 Å². The summed E-state index contributed by atoms with van der Waals surface area (Å²) in [7, 11) is 1.85. The van der Waals surface area contributed by atoms with Crippen molar-refractivity contribution in [1.29, 1.82) is 0 Å². The van der Waals surface area contributed by atoms with Gasteiger partial charge in [-0.15, -0.1) is 0 Å². The molecule has 5 heteroatoms. The topological polar surface area (TPSA) is 34.4 Å². The fraction of sp³-hybridized carbons (Fsp3) is 0.636. The average molecular weight is 233 g/mol. The normalized spacial score (nSPS) is 13.2. The summed E-state index contributed by atoms with van der Waals surface area (Å²) < 4.78 is 33.4. The van der Waals surface area contributed by atoms with Crippen molar-refractivity contribution in [2.24, 2.45) is 0 Å². The zero-order valence-electron chi connectivity index (χ0n) is 9.29. The zero-order valence-corrected chi connectivity index (χ0v) is 9.29. The molecule has 0 aliphatic carbocycles. The molecule has 0 amide bonds. The van der Waals surface area contributed by atoms with Crippen molar-refractivity contribution in [3.8, 4) is 0 Å². The van der Waals surface area contributed by atoms with Crippen molar-refractivity contribution in [3.63, 3.8) is 0 Å². The van der Waals surface area contributed by atoms with E-state index in [0.29, 0.717) is 13.0 Å². The second-order valence-corrected chi connectivity index (χ2v) is 3.58. The molecule has 0 aliphatic heterocycles. The van der Waals surface area contributed by atoms with E-state index in [1.807, 2.05) is 13.1 Å². The third kappa shape index (κ3) is 5.23. The average Bonchev–Trinajstić information content (AvgIpc) is 2.75. The Kier molecular flexibility index (Phi) is 6.03. The monoisotopic (exact) mass is 233 g/mol. The minimum Gasteiger partial charge on any atom is -0.472 e. The van der Waals surface area contributed by atoms with Crippen LogP contribution in [0.4, 0.5) is 8.78 Å². The molecule has 0 saturated heterocycles. The zero-order chi connectivity index (χ0) is 11.8. The highest BCUT2D eigenvalue weighted by Crippen LogP contribution is 2.06. The lowest BCUT2D eigenvalue weighted by atomic mass is 10.1. The molecule has 0 spiro atoms. The lowest BCUT2D eigenvalue weighted by Crippen LogP contribution is -2.29. The van der Waals surface area contributed by atoms with Crippen LogP contribution in [0.1, 0.15) is 12.0 Å². The first kappa shape index (κ1) is 13.1. The van der Waals surface area contributed by atoms with Crippen molar-refractivity contribution >= 4 is 0 Å². The summed E-state index contributed by atoms with van der Waals surface area (Å²) in [5.74, 6) is 0. The van der Waals surface area contributed by atoms with Crippen molar-refractivity contribution < 1.29 is 17.9 Å². The molecule has 0 bridgehead atoms. The highest BCUT2D eigenvalue weighted by atomic mass is 19.3. The second kappa shape index (κ2) is 7.35. The van der Waals surface area contributed by atoms with Crippen LogP contribution in [0.3, 0.4) is 0 Å². The quantitative estimate of drug-likeness (QED) is 0.698. The molecule has 1 heterocycles. The molecule has 1 aromatic rings. The molecule has 92 valence electrons. The van der Waals surface area contributed by atoms with Crippen molar-refractivity contribution in [2.75, 3.05) is 20.3 Å². The Morgan fingerprint density at radius 3 is 2.88 bits per heavy atom. The number of hydrogen-bond donors (Lipinski definition) is 1. The van der Waals surface area contributed by atoms with Gasteiger partial charge in [0.2, 0.25) is 0 Å². The Morgan fingerprint density at radius 2 is 2.31 bits per heavy atom. The van der Waals surface area contributed by atoms with Gasteiger partial charge in [0.05, 0.1) is 12.5 Å². The summed E-state index contributed by atoms with van der Waals surface area (Å²) in [5.41, 5.74) is 1.09. The van der Waals surface area contributed by atoms with E-state index >= 15 is 0 Å². The largest absolute Gasteiger partial charge is 0.472 e. The van der Waals surface area contributed by atoms with Crippen molar-refractivity contribution in [3.05, 3.63) is 24.2 Å². The van der Waals surface area contributed by atoms with Crippen LogP contribution >= 0.6 is 0 Å². The molecule has 1 aromatic heterocycles. The van der Waals surface area contributed by atoms with Gasteiger partial charge in [-0.2, -0.15) is 0 Å². The number of rotatable bonds is 8. The first-order chi connectivity index (χ1) is 7.72. The number of furan rings is 1. The first-order valence-electron chi connectivity index (χ1n) is 5.26. The van der Waals surface area contributed by atoms with Crippen molar-refractivity contribution in [1.82, 2.24) is 5.32 Å². The Labute approximate surface area is 93.8 Å². The van der Waals surface area contributed by atoms with Gasteiger partial charge in [-0.25, -0.2) is 8.78 Å². The van der Waals surface area contributed by atoms with E-state index in [9.17, 15) is 8.78 Å². The van der Waals surface area contributed by atoms with Crippen LogP contribution in [0.5, 0.6) is 0 Å². The van der Waals surface area contributed by atoms with E-state index in [1.54, 1.807) is 12.5 Å². The van der Waals surface area contributed by atoms with Gasteiger partial charge in [0.15, 0.2) is 0 Å². The molecule has 0 aromatic carbocycles. The minimum absolute atomic E-state index is 0.218. The van der Waals surface area contributed by atoms with E-state index < -0.39 is 13.0 Å². The molecular weight excluding hydrogens is 216 g/mol. The third-order valence-electron chi connectivity index (χ3n) is 2.32. The Morgan fingerprint density at radius 1 is 1.50 bits per heavy atom. The van der Waals surface area contributed by atoms with Gasteiger partial charge in [-0.3, -0.25) is 0 Å². The molecule has 3 nitrogen and oxygen atoms in total. The molecule has 1 rings (SSSR count). The molecule has 16 heavy (non-hydrogen) atoms. The molecule has 0 radical (unpaired) electrons. The number of alkyl halides is 2. The van der Waals surface area contributed by atoms with Crippen LogP contribution in [0.2, 0.25) is 0 Å². The Balaban J connectivity index is 2.17. The van der Waals surface area contributed by atoms with E-state index in [2.05, 4.69) is 5.32 Å². The first-order valence-corrected chi connectivity index (χ1v) is 5.26. The van der Waals surface area contributed by atoms with Gasteiger partial charge in [-0.05, 0) is 31.5 Å². The summed E-state index contributed by atoms with van der Waals surface area (Å²) in [5, 5.41) is 3.12. The van der Waals surface area contributed by atoms with Gasteiger partial charge < -0.3 is 14.5 Å². The minimum atomic E-state index is -2.39. The smallest absolute Gasteiger partial charge is 0.261 e. The van der Waals surface area contributed by atoms with E-state index in [1.165, 1.54) is 0 Å². The summed E-state index contributed by atoms with van der Waals surface area (Å²) >= 11 is 0. The molecule has 1 N–H and O–H groups in total. The van der Waals surface area contributed by atoms with E-state index in [0.717, 1.165) is 12.0 Å². The number of halogens is 2. The summed E-state index contributed by atoms with van der Waals surface area (Å²) in [6.07, 6.45) is 2.43. The second-order valence-electron chi connectivity index (χ2n) is 3.58. The highest BCUT2D eigenvalue weighted by molar-refractivity contribution is 5.07. The van der Waals surface area contributed by atoms with Gasteiger partial charge in [0.25, 0.3) is 6.43 Å². The predicted molar refractivity (Wildman–Crippen MR) is 56.7 cm³/mol. The fourth-order valence-corrected chi connectivity index (χ4v) is 1.44. The van der Waals surface area contributed by atoms with Gasteiger partial charge in [0, 0.05) is 12.6 Å². The number of likely N-dealkylation sites (N-methyl/N-ethyl adjacent to an activating group) is 1. The molecule has 0 aliphatic rings. The van der Waals surface area contributed by atoms with Gasteiger partial charge >= 0.3 is 0 Å². The van der Waals surface area contributed by atoms with Crippen LogP contribution in [-0.4, -0.2) is 32.7 Å². The standard InChI is InChI=1S/C11H17F2NO2/c1-14-10(3-5-16-8-11(12)13)6-9-2-4-15-7-9/h2,4,7,10-11,14H,3,5-6,8H2,1H3. The molecule has 1 unspecified atom stereocenters. The summed E-state index contributed by atoms with van der Waals surface area (Å²) in [4.78, 5) is 0. The predicted octanol–water partition coefficient (Wildman–Crippen LogP) is 2.08. The highest BCUT2D eigenvalue weighted by Gasteiger charge is 2.09. The maximum Gasteiger partial charge on any atom is 0.261 e. The van der Waals surface area contributed by atoms with Crippen LogP contribution in [-0.2, 0) is 11.2 Å². The number of nitrogens with one attached hydrogen (secondary N) is 1. The van der Waals surface area contributed by atoms with Crippen molar-refractivity contribution in [2.45, 2.75) is 25.3 Å². The maximum atomic E-state index is 11.8. The van der Waals surface area contributed by atoms with Gasteiger partial charge in [0.1, 0.15) is 6.61 Å². The molecule has 0 saturated carbocycles. The Bertz CT molecular complexity index is 265. The Hall–Kier alpha value is -0.940. The van der Waals surface area contributed by atoms with Gasteiger partial charge in [-0.1, -0.05) is 0 Å². The summed E-state index contributed by atoms with van der Waals surface area (Å²) in [6.45, 7) is -0.143. The molecule has 0 fully saturated rings. The molecule has 1 atom stereocenters. The van der Waals surface area contributed by atoms with Crippen LogP contribution in [0.15, 0.2) is 23.0 Å². The number of hydrogen-bond acceptors (Lipinski definition) is 3. The summed E-state index contributed by atoms with van der Waals surface area (Å²) in [6, 6.07) is 2.11. The lowest BCUT2D eigenvalue weighted by Gasteiger charge is -2.15. The fourth-order valence-electron chi connectivity index (χ4n) is 1.44. The van der Waals surface area contributed by atoms with Crippen LogP contribution in [0.25, 0.3) is 0 Å². The van der Waals surface area contributed by atoms with Crippen LogP contribution in [0, 0.1) is 0 Å². The lowest BCUT2D eigenvalue weighted by molar-refractivity contribution is 0.0146. The third-order valence-corrected chi connectivity index (χ3v) is 2.32. The van der Waals surface area contributed by atoms with E-state index in [-0.39, 0.29) is 6.04 Å².